The Bertz CT molecular complexity index is 1110. The zero-order chi connectivity index (χ0) is 22.5. The summed E-state index contributed by atoms with van der Waals surface area (Å²) >= 11 is 6.11. The van der Waals surface area contributed by atoms with Crippen LogP contribution in [0.15, 0.2) is 36.7 Å². The predicted molar refractivity (Wildman–Crippen MR) is 118 cm³/mol. The first-order chi connectivity index (χ1) is 14.8. The highest BCUT2D eigenvalue weighted by atomic mass is 35.5. The van der Waals surface area contributed by atoms with Gasteiger partial charge >= 0.3 is 0 Å². The van der Waals surface area contributed by atoms with Crippen LogP contribution >= 0.6 is 11.6 Å². The van der Waals surface area contributed by atoms with Crippen LogP contribution in [-0.4, -0.2) is 42.5 Å². The second kappa shape index (κ2) is 9.77. The SMILES string of the molecule is Cc1nc(C(=O)NC(C)Cn2ccc(-c3ccc(C#N)c(Cl)c3)n2)cn1CC[C@H](C)O. The molecule has 0 aliphatic heterocycles. The molecule has 1 amide bonds. The van der Waals surface area contributed by atoms with Crippen LogP contribution in [0, 0.1) is 18.3 Å². The Morgan fingerprint density at radius 2 is 2.13 bits per heavy atom. The molecule has 2 heterocycles. The Labute approximate surface area is 186 Å². The van der Waals surface area contributed by atoms with Crippen LogP contribution in [0.4, 0.5) is 0 Å². The third-order valence-corrected chi connectivity index (χ3v) is 5.17. The number of rotatable bonds is 8. The lowest BCUT2D eigenvalue weighted by Gasteiger charge is -2.13. The number of halogens is 1. The van der Waals surface area contributed by atoms with E-state index in [2.05, 4.69) is 15.4 Å². The molecule has 3 rings (SSSR count). The number of nitrogens with one attached hydrogen (secondary N) is 1. The first kappa shape index (κ1) is 22.5. The summed E-state index contributed by atoms with van der Waals surface area (Å²) in [6.45, 7) is 6.56. The molecular weight excluding hydrogens is 416 g/mol. The molecule has 3 aromatic rings. The summed E-state index contributed by atoms with van der Waals surface area (Å²) in [4.78, 5) is 16.9. The molecule has 31 heavy (non-hydrogen) atoms. The van der Waals surface area contributed by atoms with E-state index in [4.69, 9.17) is 16.9 Å². The standard InChI is InChI=1S/C22H25ClN6O2/c1-14(25-22(31)21-13-28(16(3)26-21)8-6-15(2)30)12-29-9-7-20(27-29)17-4-5-18(11-24)19(23)10-17/h4-5,7,9-10,13-15,30H,6,8,12H2,1-3H3,(H,25,31)/t14?,15-/m0/s1. The fraction of sp³-hybridized carbons (Fsp3) is 0.364. The molecule has 1 aromatic carbocycles. The number of hydrogen-bond donors (Lipinski definition) is 2. The fourth-order valence-corrected chi connectivity index (χ4v) is 3.40. The van der Waals surface area contributed by atoms with Gasteiger partial charge in [-0.15, -0.1) is 0 Å². The first-order valence-electron chi connectivity index (χ1n) is 10.0. The summed E-state index contributed by atoms with van der Waals surface area (Å²) in [5, 5.41) is 26.3. The second-order valence-electron chi connectivity index (χ2n) is 7.61. The molecule has 0 aliphatic rings. The molecule has 2 aromatic heterocycles. The van der Waals surface area contributed by atoms with Crippen molar-refractivity contribution >= 4 is 17.5 Å². The number of carbonyl (C=O) groups is 1. The number of carbonyl (C=O) groups excluding carboxylic acids is 1. The molecule has 8 nitrogen and oxygen atoms in total. The monoisotopic (exact) mass is 440 g/mol. The third kappa shape index (κ3) is 5.72. The molecule has 9 heteroatoms. The lowest BCUT2D eigenvalue weighted by Crippen LogP contribution is -2.36. The zero-order valence-corrected chi connectivity index (χ0v) is 18.5. The molecule has 0 fully saturated rings. The number of aromatic nitrogens is 4. The van der Waals surface area contributed by atoms with E-state index < -0.39 is 6.10 Å². The molecule has 162 valence electrons. The number of aliphatic hydroxyl groups excluding tert-OH is 1. The molecule has 0 bridgehead atoms. The van der Waals surface area contributed by atoms with Crippen molar-refractivity contribution in [1.29, 1.82) is 5.26 Å². The number of aryl methyl sites for hydroxylation is 2. The van der Waals surface area contributed by atoms with Gasteiger partial charge in [-0.25, -0.2) is 4.98 Å². The fourth-order valence-electron chi connectivity index (χ4n) is 3.18. The van der Waals surface area contributed by atoms with Crippen molar-refractivity contribution in [2.45, 2.75) is 52.4 Å². The van der Waals surface area contributed by atoms with E-state index in [-0.39, 0.29) is 11.9 Å². The Balaban J connectivity index is 1.61. The molecule has 1 unspecified atom stereocenters. The predicted octanol–water partition coefficient (Wildman–Crippen LogP) is 3.17. The number of hydrogen-bond acceptors (Lipinski definition) is 5. The number of benzene rings is 1. The van der Waals surface area contributed by atoms with Gasteiger partial charge in [0, 0.05) is 30.5 Å². The van der Waals surface area contributed by atoms with Crippen molar-refractivity contribution < 1.29 is 9.90 Å². The first-order valence-corrected chi connectivity index (χ1v) is 10.4. The average molecular weight is 441 g/mol. The quantitative estimate of drug-likeness (QED) is 0.559. The van der Waals surface area contributed by atoms with Gasteiger partial charge in [0.2, 0.25) is 0 Å². The Hall–Kier alpha value is -3.15. The normalized spacial score (nSPS) is 12.9. The van der Waals surface area contributed by atoms with Gasteiger partial charge in [0.15, 0.2) is 0 Å². The summed E-state index contributed by atoms with van der Waals surface area (Å²) in [6.07, 6.45) is 3.73. The van der Waals surface area contributed by atoms with Gasteiger partial charge < -0.3 is 15.0 Å². The van der Waals surface area contributed by atoms with Crippen molar-refractivity contribution in [2.75, 3.05) is 0 Å². The smallest absolute Gasteiger partial charge is 0.271 e. The zero-order valence-electron chi connectivity index (χ0n) is 17.7. The molecule has 0 saturated heterocycles. The third-order valence-electron chi connectivity index (χ3n) is 4.86. The topological polar surface area (TPSA) is 109 Å². The van der Waals surface area contributed by atoms with Gasteiger partial charge in [-0.3, -0.25) is 9.48 Å². The number of amides is 1. The van der Waals surface area contributed by atoms with Crippen LogP contribution in [-0.2, 0) is 13.1 Å². The molecule has 0 spiro atoms. The summed E-state index contributed by atoms with van der Waals surface area (Å²) in [5.41, 5.74) is 2.32. The van der Waals surface area contributed by atoms with Crippen LogP contribution in [0.2, 0.25) is 5.02 Å². The van der Waals surface area contributed by atoms with E-state index in [0.29, 0.717) is 35.8 Å². The van der Waals surface area contributed by atoms with Crippen molar-refractivity contribution in [3.8, 4) is 17.3 Å². The Morgan fingerprint density at radius 1 is 1.35 bits per heavy atom. The average Bonchev–Trinajstić information content (AvgIpc) is 3.32. The van der Waals surface area contributed by atoms with E-state index in [1.54, 1.807) is 36.0 Å². The van der Waals surface area contributed by atoms with Gasteiger partial charge in [0.25, 0.3) is 5.91 Å². The minimum absolute atomic E-state index is 0.173. The van der Waals surface area contributed by atoms with Crippen molar-refractivity contribution in [3.63, 3.8) is 0 Å². The lowest BCUT2D eigenvalue weighted by atomic mass is 10.1. The highest BCUT2D eigenvalue weighted by molar-refractivity contribution is 6.32. The van der Waals surface area contributed by atoms with Crippen molar-refractivity contribution in [2.24, 2.45) is 0 Å². The number of aliphatic hydroxyl groups is 1. The van der Waals surface area contributed by atoms with Crippen molar-refractivity contribution in [3.05, 3.63) is 58.8 Å². The number of imidazole rings is 1. The maximum Gasteiger partial charge on any atom is 0.271 e. The van der Waals surface area contributed by atoms with E-state index in [0.717, 1.165) is 17.1 Å². The van der Waals surface area contributed by atoms with Crippen LogP contribution in [0.5, 0.6) is 0 Å². The minimum atomic E-state index is -0.404. The summed E-state index contributed by atoms with van der Waals surface area (Å²) in [7, 11) is 0. The number of nitrogens with zero attached hydrogens (tertiary/aromatic N) is 5. The Morgan fingerprint density at radius 3 is 2.81 bits per heavy atom. The van der Waals surface area contributed by atoms with E-state index in [1.807, 2.05) is 36.7 Å². The van der Waals surface area contributed by atoms with Gasteiger partial charge in [-0.2, -0.15) is 10.4 Å². The van der Waals surface area contributed by atoms with Gasteiger partial charge in [0.05, 0.1) is 28.9 Å². The number of nitriles is 1. The Kier molecular flexibility index (Phi) is 7.10. The summed E-state index contributed by atoms with van der Waals surface area (Å²) in [6, 6.07) is 8.91. The van der Waals surface area contributed by atoms with E-state index >= 15 is 0 Å². The van der Waals surface area contributed by atoms with Crippen LogP contribution in [0.1, 0.15) is 42.1 Å². The summed E-state index contributed by atoms with van der Waals surface area (Å²) in [5.74, 6) is 0.480. The van der Waals surface area contributed by atoms with Gasteiger partial charge in [-0.05, 0) is 45.4 Å². The van der Waals surface area contributed by atoms with Gasteiger partial charge in [-0.1, -0.05) is 17.7 Å². The summed E-state index contributed by atoms with van der Waals surface area (Å²) < 4.78 is 3.62. The molecule has 0 radical (unpaired) electrons. The van der Waals surface area contributed by atoms with E-state index in [1.165, 1.54) is 0 Å². The molecular formula is C22H25ClN6O2. The maximum absolute atomic E-state index is 12.6. The second-order valence-corrected chi connectivity index (χ2v) is 8.02. The largest absolute Gasteiger partial charge is 0.393 e. The van der Waals surface area contributed by atoms with E-state index in [9.17, 15) is 9.90 Å². The highest BCUT2D eigenvalue weighted by Crippen LogP contribution is 2.24. The van der Waals surface area contributed by atoms with Crippen LogP contribution in [0.3, 0.4) is 0 Å². The van der Waals surface area contributed by atoms with Crippen molar-refractivity contribution in [1.82, 2.24) is 24.6 Å². The van der Waals surface area contributed by atoms with Crippen LogP contribution < -0.4 is 5.32 Å². The molecule has 2 N–H and O–H groups in total. The lowest BCUT2D eigenvalue weighted by molar-refractivity contribution is 0.0931. The molecule has 0 saturated carbocycles. The van der Waals surface area contributed by atoms with Crippen LogP contribution in [0.25, 0.3) is 11.3 Å². The molecule has 0 aliphatic carbocycles. The minimum Gasteiger partial charge on any atom is -0.393 e. The highest BCUT2D eigenvalue weighted by Gasteiger charge is 2.16. The maximum atomic E-state index is 12.6. The van der Waals surface area contributed by atoms with Gasteiger partial charge in [0.1, 0.15) is 17.6 Å². The molecule has 2 atom stereocenters.